The molecule has 0 atom stereocenters. The highest BCUT2D eigenvalue weighted by atomic mass is 16.5. The lowest BCUT2D eigenvalue weighted by molar-refractivity contribution is 0.398. The fourth-order valence-corrected chi connectivity index (χ4v) is 1.45. The summed E-state index contributed by atoms with van der Waals surface area (Å²) >= 11 is 0. The van der Waals surface area contributed by atoms with E-state index in [4.69, 9.17) is 10.00 Å². The molecule has 2 aromatic heterocycles. The van der Waals surface area contributed by atoms with Crippen molar-refractivity contribution in [3.05, 3.63) is 41.7 Å². The summed E-state index contributed by atoms with van der Waals surface area (Å²) in [6.45, 7) is 1.87. The summed E-state index contributed by atoms with van der Waals surface area (Å²) < 4.78 is 4.98. The van der Waals surface area contributed by atoms with Gasteiger partial charge in [-0.15, -0.1) is 0 Å². The first-order valence-corrected chi connectivity index (χ1v) is 5.38. The van der Waals surface area contributed by atoms with E-state index in [9.17, 15) is 0 Å². The minimum atomic E-state index is 0.497. The number of anilines is 2. The van der Waals surface area contributed by atoms with E-state index in [-0.39, 0.29) is 0 Å². The van der Waals surface area contributed by atoms with Crippen molar-refractivity contribution in [2.75, 3.05) is 12.4 Å². The molecule has 2 heterocycles. The smallest absolute Gasteiger partial charge is 0.213 e. The van der Waals surface area contributed by atoms with Crippen molar-refractivity contribution in [1.29, 1.82) is 5.26 Å². The van der Waals surface area contributed by atoms with E-state index in [0.29, 0.717) is 17.3 Å². The van der Waals surface area contributed by atoms with Gasteiger partial charge in [-0.25, -0.2) is 9.97 Å². The third-order valence-electron chi connectivity index (χ3n) is 2.36. The van der Waals surface area contributed by atoms with Crippen LogP contribution in [0, 0.1) is 18.3 Å². The minimum Gasteiger partial charge on any atom is -0.481 e. The Hall–Kier alpha value is -2.61. The molecule has 2 aromatic rings. The zero-order valence-corrected chi connectivity index (χ0v) is 10.1. The molecule has 2 rings (SSSR count). The molecule has 0 aromatic carbocycles. The van der Waals surface area contributed by atoms with Crippen LogP contribution in [0.4, 0.5) is 11.5 Å². The largest absolute Gasteiger partial charge is 0.481 e. The molecule has 0 aliphatic rings. The molecule has 0 radical (unpaired) electrons. The molecule has 0 saturated heterocycles. The summed E-state index contributed by atoms with van der Waals surface area (Å²) in [6.07, 6.45) is 1.63. The van der Waals surface area contributed by atoms with Gasteiger partial charge in [0.2, 0.25) is 5.88 Å². The zero-order valence-electron chi connectivity index (χ0n) is 10.1. The Bertz CT molecular complexity index is 587. The molecule has 0 bridgehead atoms. The Morgan fingerprint density at radius 1 is 1.28 bits per heavy atom. The maximum atomic E-state index is 9.00. The summed E-state index contributed by atoms with van der Waals surface area (Å²) in [5, 5.41) is 12.1. The molecule has 0 fully saturated rings. The van der Waals surface area contributed by atoms with Crippen molar-refractivity contribution >= 4 is 11.5 Å². The first-order valence-electron chi connectivity index (χ1n) is 5.38. The lowest BCUT2D eigenvalue weighted by Gasteiger charge is -2.08. The molecule has 5 nitrogen and oxygen atoms in total. The highest BCUT2D eigenvalue weighted by Crippen LogP contribution is 2.19. The molecule has 0 saturated carbocycles. The summed E-state index contributed by atoms with van der Waals surface area (Å²) in [4.78, 5) is 8.37. The second-order valence-electron chi connectivity index (χ2n) is 3.67. The molecular formula is C13H12N4O. The van der Waals surface area contributed by atoms with Crippen molar-refractivity contribution in [3.8, 4) is 11.9 Å². The second kappa shape index (κ2) is 5.15. The fourth-order valence-electron chi connectivity index (χ4n) is 1.45. The average molecular weight is 240 g/mol. The Morgan fingerprint density at radius 3 is 2.72 bits per heavy atom. The van der Waals surface area contributed by atoms with Crippen LogP contribution >= 0.6 is 0 Å². The van der Waals surface area contributed by atoms with E-state index in [1.165, 1.54) is 0 Å². The predicted molar refractivity (Wildman–Crippen MR) is 67.8 cm³/mol. The number of aromatic nitrogens is 2. The van der Waals surface area contributed by atoms with Crippen LogP contribution in [0.3, 0.4) is 0 Å². The Balaban J connectivity index is 2.27. The fraction of sp³-hybridized carbons (Fsp3) is 0.154. The van der Waals surface area contributed by atoms with Gasteiger partial charge in [-0.1, -0.05) is 0 Å². The van der Waals surface area contributed by atoms with E-state index in [0.717, 1.165) is 11.4 Å². The van der Waals surface area contributed by atoms with Crippen LogP contribution < -0.4 is 10.1 Å². The molecule has 0 unspecified atom stereocenters. The lowest BCUT2D eigenvalue weighted by Crippen LogP contribution is -1.99. The molecule has 1 N–H and O–H groups in total. The van der Waals surface area contributed by atoms with Gasteiger partial charge in [0.25, 0.3) is 0 Å². The lowest BCUT2D eigenvalue weighted by atomic mass is 10.2. The molecular weight excluding hydrogens is 228 g/mol. The first kappa shape index (κ1) is 11.9. The zero-order chi connectivity index (χ0) is 13.0. The van der Waals surface area contributed by atoms with Crippen molar-refractivity contribution in [2.45, 2.75) is 6.92 Å². The highest BCUT2D eigenvalue weighted by molar-refractivity contribution is 5.62. The van der Waals surface area contributed by atoms with Crippen LogP contribution in [0.5, 0.6) is 5.88 Å². The van der Waals surface area contributed by atoms with Crippen molar-refractivity contribution in [2.24, 2.45) is 0 Å². The number of aryl methyl sites for hydroxylation is 1. The third kappa shape index (κ3) is 2.55. The molecule has 0 aliphatic carbocycles. The number of pyridine rings is 2. The molecule has 0 amide bonds. The second-order valence-corrected chi connectivity index (χ2v) is 3.67. The topological polar surface area (TPSA) is 70.8 Å². The van der Waals surface area contributed by atoms with E-state index in [1.807, 2.05) is 13.0 Å². The third-order valence-corrected chi connectivity index (χ3v) is 2.36. The quantitative estimate of drug-likeness (QED) is 0.892. The number of ether oxygens (including phenoxy) is 1. The van der Waals surface area contributed by atoms with Crippen LogP contribution in [0.25, 0.3) is 0 Å². The van der Waals surface area contributed by atoms with Gasteiger partial charge >= 0.3 is 0 Å². The molecule has 90 valence electrons. The normalized spacial score (nSPS) is 9.61. The van der Waals surface area contributed by atoms with Gasteiger partial charge in [-0.05, 0) is 25.1 Å². The van der Waals surface area contributed by atoms with E-state index < -0.39 is 0 Å². The van der Waals surface area contributed by atoms with Crippen LogP contribution in [0.1, 0.15) is 11.3 Å². The Labute approximate surface area is 105 Å². The van der Waals surface area contributed by atoms with Gasteiger partial charge < -0.3 is 10.1 Å². The van der Waals surface area contributed by atoms with Crippen LogP contribution in [-0.4, -0.2) is 17.1 Å². The number of hydrogen-bond donors (Lipinski definition) is 1. The van der Waals surface area contributed by atoms with E-state index in [1.54, 1.807) is 31.5 Å². The highest BCUT2D eigenvalue weighted by Gasteiger charge is 2.04. The SMILES string of the molecule is COc1ccc(Nc2nc(C)ccc2C#N)cn1. The van der Waals surface area contributed by atoms with E-state index >= 15 is 0 Å². The van der Waals surface area contributed by atoms with E-state index in [2.05, 4.69) is 21.4 Å². The molecule has 5 heteroatoms. The number of methoxy groups -OCH3 is 1. The van der Waals surface area contributed by atoms with Crippen LogP contribution in [-0.2, 0) is 0 Å². The van der Waals surface area contributed by atoms with Crippen molar-refractivity contribution in [1.82, 2.24) is 9.97 Å². The van der Waals surface area contributed by atoms with Gasteiger partial charge in [0.05, 0.1) is 24.6 Å². The Kier molecular flexibility index (Phi) is 3.39. The summed E-state index contributed by atoms with van der Waals surface area (Å²) in [6, 6.07) is 9.19. The number of hydrogen-bond acceptors (Lipinski definition) is 5. The van der Waals surface area contributed by atoms with Gasteiger partial charge in [-0.3, -0.25) is 0 Å². The van der Waals surface area contributed by atoms with Gasteiger partial charge in [0, 0.05) is 11.8 Å². The summed E-state index contributed by atoms with van der Waals surface area (Å²) in [5.41, 5.74) is 2.10. The predicted octanol–water partition coefficient (Wildman–Crippen LogP) is 2.41. The Morgan fingerprint density at radius 2 is 2.11 bits per heavy atom. The summed E-state index contributed by atoms with van der Waals surface area (Å²) in [7, 11) is 1.56. The maximum absolute atomic E-state index is 9.00. The van der Waals surface area contributed by atoms with Gasteiger partial charge in [-0.2, -0.15) is 5.26 Å². The number of rotatable bonds is 3. The molecule has 0 aliphatic heterocycles. The maximum Gasteiger partial charge on any atom is 0.213 e. The first-order chi connectivity index (χ1) is 8.72. The average Bonchev–Trinajstić information content (AvgIpc) is 2.40. The van der Waals surface area contributed by atoms with Crippen LogP contribution in [0.15, 0.2) is 30.5 Å². The van der Waals surface area contributed by atoms with Crippen LogP contribution in [0.2, 0.25) is 0 Å². The number of nitrogens with zero attached hydrogens (tertiary/aromatic N) is 3. The number of nitriles is 1. The minimum absolute atomic E-state index is 0.497. The molecule has 18 heavy (non-hydrogen) atoms. The molecule has 0 spiro atoms. The van der Waals surface area contributed by atoms with Gasteiger partial charge in [0.1, 0.15) is 11.9 Å². The van der Waals surface area contributed by atoms with Crippen molar-refractivity contribution < 1.29 is 4.74 Å². The van der Waals surface area contributed by atoms with Gasteiger partial charge in [0.15, 0.2) is 0 Å². The number of nitrogens with one attached hydrogen (secondary N) is 1. The standard InChI is InChI=1S/C13H12N4O/c1-9-3-4-10(7-14)13(16-9)17-11-5-6-12(18-2)15-8-11/h3-6,8H,1-2H3,(H,16,17). The monoisotopic (exact) mass is 240 g/mol. The summed E-state index contributed by atoms with van der Waals surface area (Å²) in [5.74, 6) is 1.07. The van der Waals surface area contributed by atoms with Crippen molar-refractivity contribution in [3.63, 3.8) is 0 Å².